The lowest BCUT2D eigenvalue weighted by atomic mass is 9.91. The summed E-state index contributed by atoms with van der Waals surface area (Å²) in [5.74, 6) is 2.48. The van der Waals surface area contributed by atoms with Gasteiger partial charge in [-0.2, -0.15) is 0 Å². The van der Waals surface area contributed by atoms with Crippen LogP contribution in [0.1, 0.15) is 68.1 Å². The Morgan fingerprint density at radius 3 is 2.48 bits per heavy atom. The predicted octanol–water partition coefficient (Wildman–Crippen LogP) is 5.52. The number of benzene rings is 1. The van der Waals surface area contributed by atoms with Crippen LogP contribution in [0.3, 0.4) is 0 Å². The molecule has 0 spiro atoms. The molecule has 0 radical (unpaired) electrons. The van der Waals surface area contributed by atoms with Crippen molar-refractivity contribution in [2.75, 3.05) is 25.4 Å². The maximum atomic E-state index is 12.7. The van der Waals surface area contributed by atoms with Crippen molar-refractivity contribution < 1.29 is 4.79 Å². The largest absolute Gasteiger partial charge is 0.352 e. The SMILES string of the molecule is O=C(NCC1CCCCCCC1)c1cc(SCC2CCNCC2)ccc1Cl. The Morgan fingerprint density at radius 1 is 1.04 bits per heavy atom. The van der Waals surface area contributed by atoms with E-state index in [1.165, 1.54) is 57.8 Å². The topological polar surface area (TPSA) is 41.1 Å². The normalized spacial score (nSPS) is 20.0. The van der Waals surface area contributed by atoms with Crippen LogP contribution in [0.25, 0.3) is 0 Å². The van der Waals surface area contributed by atoms with Crippen LogP contribution in [-0.2, 0) is 0 Å². The van der Waals surface area contributed by atoms with Gasteiger partial charge >= 0.3 is 0 Å². The van der Waals surface area contributed by atoms with Gasteiger partial charge in [0.25, 0.3) is 5.91 Å². The number of nitrogens with one attached hydrogen (secondary N) is 2. The van der Waals surface area contributed by atoms with E-state index in [2.05, 4.69) is 10.6 Å². The molecule has 1 aliphatic carbocycles. The van der Waals surface area contributed by atoms with E-state index in [1.807, 2.05) is 30.0 Å². The average Bonchev–Trinajstić information content (AvgIpc) is 2.67. The minimum absolute atomic E-state index is 0.0219. The second kappa shape index (κ2) is 11.3. The molecule has 0 atom stereocenters. The number of amides is 1. The molecule has 1 aliphatic heterocycles. The third kappa shape index (κ3) is 6.99. The van der Waals surface area contributed by atoms with E-state index in [9.17, 15) is 4.79 Å². The van der Waals surface area contributed by atoms with Crippen molar-refractivity contribution >= 4 is 29.3 Å². The van der Waals surface area contributed by atoms with Crippen LogP contribution in [-0.4, -0.2) is 31.3 Å². The van der Waals surface area contributed by atoms with Gasteiger partial charge in [0.15, 0.2) is 0 Å². The molecule has 27 heavy (non-hydrogen) atoms. The monoisotopic (exact) mass is 408 g/mol. The van der Waals surface area contributed by atoms with Crippen LogP contribution in [0.2, 0.25) is 5.02 Å². The zero-order valence-corrected chi connectivity index (χ0v) is 17.8. The van der Waals surface area contributed by atoms with Gasteiger partial charge in [-0.15, -0.1) is 11.8 Å². The smallest absolute Gasteiger partial charge is 0.252 e. The van der Waals surface area contributed by atoms with Crippen LogP contribution < -0.4 is 10.6 Å². The molecule has 0 aromatic heterocycles. The zero-order chi connectivity index (χ0) is 18.9. The molecule has 1 saturated carbocycles. The van der Waals surface area contributed by atoms with Gasteiger partial charge in [0.05, 0.1) is 10.6 Å². The van der Waals surface area contributed by atoms with Crippen LogP contribution in [0.4, 0.5) is 0 Å². The standard InChI is InChI=1S/C22H33ClN2OS/c23-21-9-8-19(27-16-18-10-12-24-13-11-18)14-20(21)22(26)25-15-17-6-4-2-1-3-5-7-17/h8-9,14,17-18,24H,1-7,10-13,15-16H2,(H,25,26). The molecule has 2 fully saturated rings. The number of piperidine rings is 1. The number of carbonyl (C=O) groups is 1. The highest BCUT2D eigenvalue weighted by molar-refractivity contribution is 7.99. The van der Waals surface area contributed by atoms with Gasteiger partial charge in [-0.1, -0.05) is 43.7 Å². The summed E-state index contributed by atoms with van der Waals surface area (Å²) < 4.78 is 0. The van der Waals surface area contributed by atoms with Crippen molar-refractivity contribution in [3.05, 3.63) is 28.8 Å². The molecule has 5 heteroatoms. The molecule has 1 heterocycles. The summed E-state index contributed by atoms with van der Waals surface area (Å²) in [4.78, 5) is 13.9. The first-order valence-electron chi connectivity index (χ1n) is 10.6. The summed E-state index contributed by atoms with van der Waals surface area (Å²) >= 11 is 8.18. The summed E-state index contributed by atoms with van der Waals surface area (Å²) in [7, 11) is 0. The molecule has 2 N–H and O–H groups in total. The Balaban J connectivity index is 1.51. The number of hydrogen-bond acceptors (Lipinski definition) is 3. The van der Waals surface area contributed by atoms with Crippen LogP contribution in [0.15, 0.2) is 23.1 Å². The van der Waals surface area contributed by atoms with Gasteiger partial charge in [0, 0.05) is 17.2 Å². The van der Waals surface area contributed by atoms with Crippen molar-refractivity contribution in [3.8, 4) is 0 Å². The summed E-state index contributed by atoms with van der Waals surface area (Å²) in [6.45, 7) is 3.03. The molecule has 1 saturated heterocycles. The fraction of sp³-hybridized carbons (Fsp3) is 0.682. The molecule has 3 rings (SSSR count). The van der Waals surface area contributed by atoms with Crippen molar-refractivity contribution in [2.45, 2.75) is 62.7 Å². The fourth-order valence-corrected chi connectivity index (χ4v) is 5.44. The third-order valence-electron chi connectivity index (χ3n) is 5.90. The second-order valence-corrected chi connectivity index (χ2v) is 9.57. The van der Waals surface area contributed by atoms with Gasteiger partial charge in [-0.05, 0) is 68.8 Å². The van der Waals surface area contributed by atoms with Crippen molar-refractivity contribution in [2.24, 2.45) is 11.8 Å². The van der Waals surface area contributed by atoms with E-state index in [1.54, 1.807) is 0 Å². The van der Waals surface area contributed by atoms with Crippen molar-refractivity contribution in [3.63, 3.8) is 0 Å². The first kappa shape index (κ1) is 21.0. The fourth-order valence-electron chi connectivity index (χ4n) is 4.11. The van der Waals surface area contributed by atoms with Crippen LogP contribution >= 0.6 is 23.4 Å². The highest BCUT2D eigenvalue weighted by atomic mass is 35.5. The summed E-state index contributed by atoms with van der Waals surface area (Å²) in [5, 5.41) is 7.11. The van der Waals surface area contributed by atoms with E-state index >= 15 is 0 Å². The molecular formula is C22H33ClN2OS. The lowest BCUT2D eigenvalue weighted by molar-refractivity contribution is 0.0944. The van der Waals surface area contributed by atoms with Gasteiger partial charge < -0.3 is 10.6 Å². The minimum Gasteiger partial charge on any atom is -0.352 e. The molecule has 1 aromatic rings. The van der Waals surface area contributed by atoms with E-state index in [-0.39, 0.29) is 5.91 Å². The van der Waals surface area contributed by atoms with Gasteiger partial charge in [0.2, 0.25) is 0 Å². The van der Waals surface area contributed by atoms with E-state index < -0.39 is 0 Å². The molecule has 0 bridgehead atoms. The lowest BCUT2D eigenvalue weighted by Crippen LogP contribution is -2.30. The number of carbonyl (C=O) groups excluding carboxylic acids is 1. The molecule has 3 nitrogen and oxygen atoms in total. The molecule has 1 amide bonds. The maximum Gasteiger partial charge on any atom is 0.252 e. The van der Waals surface area contributed by atoms with Gasteiger partial charge in [-0.25, -0.2) is 0 Å². The Bertz CT molecular complexity index is 596. The van der Waals surface area contributed by atoms with Crippen molar-refractivity contribution in [1.82, 2.24) is 10.6 Å². The summed E-state index contributed by atoms with van der Waals surface area (Å²) in [5.41, 5.74) is 0.623. The zero-order valence-electron chi connectivity index (χ0n) is 16.3. The Labute approximate surface area is 173 Å². The maximum absolute atomic E-state index is 12.7. The average molecular weight is 409 g/mol. The highest BCUT2D eigenvalue weighted by Gasteiger charge is 2.17. The molecule has 1 aromatic carbocycles. The van der Waals surface area contributed by atoms with Gasteiger partial charge in [-0.3, -0.25) is 4.79 Å². The van der Waals surface area contributed by atoms with Crippen LogP contribution in [0, 0.1) is 11.8 Å². The third-order valence-corrected chi connectivity index (χ3v) is 7.46. The number of halogens is 1. The Kier molecular flexibility index (Phi) is 8.82. The Hall–Kier alpha value is -0.710. The molecule has 150 valence electrons. The minimum atomic E-state index is -0.0219. The quantitative estimate of drug-likeness (QED) is 0.608. The number of thioether (sulfide) groups is 1. The molecule has 0 unspecified atom stereocenters. The molecule has 2 aliphatic rings. The predicted molar refractivity (Wildman–Crippen MR) is 116 cm³/mol. The second-order valence-electron chi connectivity index (χ2n) is 8.07. The first-order valence-corrected chi connectivity index (χ1v) is 12.0. The van der Waals surface area contributed by atoms with E-state index in [0.717, 1.165) is 36.2 Å². The highest BCUT2D eigenvalue weighted by Crippen LogP contribution is 2.28. The van der Waals surface area contributed by atoms with Gasteiger partial charge in [0.1, 0.15) is 0 Å². The van der Waals surface area contributed by atoms with Crippen LogP contribution in [0.5, 0.6) is 0 Å². The molecular weight excluding hydrogens is 376 g/mol. The van der Waals surface area contributed by atoms with E-state index in [0.29, 0.717) is 16.5 Å². The summed E-state index contributed by atoms with van der Waals surface area (Å²) in [6, 6.07) is 5.89. The summed E-state index contributed by atoms with van der Waals surface area (Å²) in [6.07, 6.45) is 11.6. The number of rotatable bonds is 6. The van der Waals surface area contributed by atoms with Crippen molar-refractivity contribution in [1.29, 1.82) is 0 Å². The Morgan fingerprint density at radius 2 is 1.74 bits per heavy atom. The van der Waals surface area contributed by atoms with E-state index in [4.69, 9.17) is 11.6 Å². The lowest BCUT2D eigenvalue weighted by Gasteiger charge is -2.22. The number of hydrogen-bond donors (Lipinski definition) is 2. The first-order chi connectivity index (χ1) is 13.2.